The molecule has 1 saturated heterocycles. The summed E-state index contributed by atoms with van der Waals surface area (Å²) in [4.78, 5) is 31.0. The summed E-state index contributed by atoms with van der Waals surface area (Å²) in [5, 5.41) is 5.26. The van der Waals surface area contributed by atoms with Gasteiger partial charge in [-0.3, -0.25) is 9.59 Å². The molecule has 0 aliphatic carbocycles. The van der Waals surface area contributed by atoms with Crippen LogP contribution in [0.25, 0.3) is 6.08 Å². The second-order valence-corrected chi connectivity index (χ2v) is 7.98. The van der Waals surface area contributed by atoms with E-state index in [1.807, 2.05) is 6.07 Å². The zero-order valence-corrected chi connectivity index (χ0v) is 19.1. The van der Waals surface area contributed by atoms with Crippen molar-refractivity contribution in [2.75, 3.05) is 41.8 Å². The number of benzene rings is 2. The number of halogens is 3. The Balaban J connectivity index is 1.30. The molecule has 2 heterocycles. The first-order valence-corrected chi connectivity index (χ1v) is 11.1. The zero-order valence-electron chi connectivity index (χ0n) is 19.1. The Labute approximate surface area is 205 Å². The minimum absolute atomic E-state index is 0.0999. The molecule has 1 aliphatic heterocycles. The first kappa shape index (κ1) is 24.9. The number of ether oxygens (including phenoxy) is 1. The molecule has 36 heavy (non-hydrogen) atoms. The molecule has 7 nitrogen and oxygen atoms in total. The van der Waals surface area contributed by atoms with Crippen LogP contribution in [0.3, 0.4) is 0 Å². The summed E-state index contributed by atoms with van der Waals surface area (Å²) < 4.78 is 43.9. The fraction of sp³-hybridized carbons (Fsp3) is 0.192. The predicted molar refractivity (Wildman–Crippen MR) is 131 cm³/mol. The highest BCUT2D eigenvalue weighted by Crippen LogP contribution is 2.29. The average molecular weight is 496 g/mol. The van der Waals surface area contributed by atoms with Crippen LogP contribution in [0.1, 0.15) is 21.5 Å². The molecule has 0 spiro atoms. The molecule has 4 rings (SSSR count). The zero-order chi connectivity index (χ0) is 25.5. The normalized spacial score (nSPS) is 14.0. The smallest absolute Gasteiger partial charge is 0.378 e. The van der Waals surface area contributed by atoms with Crippen LogP contribution >= 0.6 is 0 Å². The topological polar surface area (TPSA) is 83.6 Å². The molecular formula is C26H23F3N4O3. The number of carbonyl (C=O) groups excluding carboxylic acids is 2. The van der Waals surface area contributed by atoms with E-state index in [4.69, 9.17) is 4.74 Å². The van der Waals surface area contributed by atoms with E-state index >= 15 is 0 Å². The van der Waals surface area contributed by atoms with Gasteiger partial charge in [0.2, 0.25) is 5.91 Å². The Kier molecular flexibility index (Phi) is 7.65. The van der Waals surface area contributed by atoms with Crippen LogP contribution in [0.15, 0.2) is 72.9 Å². The Bertz CT molecular complexity index is 1240. The number of nitrogens with one attached hydrogen (secondary N) is 2. The van der Waals surface area contributed by atoms with E-state index in [2.05, 4.69) is 20.5 Å². The Morgan fingerprint density at radius 1 is 0.972 bits per heavy atom. The van der Waals surface area contributed by atoms with Crippen LogP contribution in [0.2, 0.25) is 0 Å². The highest BCUT2D eigenvalue weighted by molar-refractivity contribution is 6.04. The molecule has 3 aromatic rings. The summed E-state index contributed by atoms with van der Waals surface area (Å²) in [6, 6.07) is 14.4. The number of aromatic nitrogens is 1. The van der Waals surface area contributed by atoms with Gasteiger partial charge in [0, 0.05) is 30.4 Å². The number of hydrogen-bond acceptors (Lipinski definition) is 5. The van der Waals surface area contributed by atoms with Gasteiger partial charge in [-0.05, 0) is 54.1 Å². The number of amides is 2. The SMILES string of the molecule is O=C(C=Cc1ccc(NC(=O)c2cccc(C(F)(F)F)c2)cc1)Nc1ccc(N2CCOCC2)cn1. The van der Waals surface area contributed by atoms with Crippen molar-refractivity contribution in [1.82, 2.24) is 4.98 Å². The number of nitrogens with zero attached hydrogens (tertiary/aromatic N) is 2. The minimum atomic E-state index is -4.53. The lowest BCUT2D eigenvalue weighted by Crippen LogP contribution is -2.36. The van der Waals surface area contributed by atoms with Crippen LogP contribution in [-0.2, 0) is 15.7 Å². The van der Waals surface area contributed by atoms with Gasteiger partial charge in [0.25, 0.3) is 5.91 Å². The van der Waals surface area contributed by atoms with Crippen molar-refractivity contribution < 1.29 is 27.5 Å². The minimum Gasteiger partial charge on any atom is -0.378 e. The van der Waals surface area contributed by atoms with Gasteiger partial charge in [0.1, 0.15) is 5.82 Å². The maximum absolute atomic E-state index is 12.9. The summed E-state index contributed by atoms with van der Waals surface area (Å²) in [6.45, 7) is 2.94. The second-order valence-electron chi connectivity index (χ2n) is 7.98. The van der Waals surface area contributed by atoms with Gasteiger partial charge >= 0.3 is 6.18 Å². The molecule has 0 radical (unpaired) electrons. The standard InChI is InChI=1S/C26H23F3N4O3/c27-26(28,29)20-3-1-2-19(16-20)25(35)31-21-7-4-18(5-8-21)6-11-24(34)32-23-10-9-22(17-30-23)33-12-14-36-15-13-33/h1-11,16-17H,12-15H2,(H,31,35)(H,30,32,34). The van der Waals surface area contributed by atoms with Crippen molar-refractivity contribution >= 4 is 35.1 Å². The van der Waals surface area contributed by atoms with Gasteiger partial charge in [0.15, 0.2) is 0 Å². The van der Waals surface area contributed by atoms with Gasteiger partial charge in [-0.15, -0.1) is 0 Å². The third kappa shape index (κ3) is 6.70. The van der Waals surface area contributed by atoms with Gasteiger partial charge in [-0.25, -0.2) is 4.98 Å². The fourth-order valence-electron chi connectivity index (χ4n) is 3.53. The molecule has 0 bridgehead atoms. The molecule has 2 N–H and O–H groups in total. The average Bonchev–Trinajstić information content (AvgIpc) is 2.89. The van der Waals surface area contributed by atoms with E-state index in [-0.39, 0.29) is 11.5 Å². The second kappa shape index (κ2) is 11.0. The highest BCUT2D eigenvalue weighted by Gasteiger charge is 2.30. The quantitative estimate of drug-likeness (QED) is 0.477. The van der Waals surface area contributed by atoms with Crippen molar-refractivity contribution in [3.8, 4) is 0 Å². The number of rotatable bonds is 6. The number of alkyl halides is 3. The molecule has 186 valence electrons. The number of morpholine rings is 1. The maximum Gasteiger partial charge on any atom is 0.416 e. The summed E-state index contributed by atoms with van der Waals surface area (Å²) in [7, 11) is 0. The summed E-state index contributed by atoms with van der Waals surface area (Å²) >= 11 is 0. The van der Waals surface area contributed by atoms with Crippen molar-refractivity contribution in [3.63, 3.8) is 0 Å². The molecule has 1 aromatic heterocycles. The van der Waals surface area contributed by atoms with E-state index in [9.17, 15) is 22.8 Å². The maximum atomic E-state index is 12.9. The lowest BCUT2D eigenvalue weighted by atomic mass is 10.1. The molecule has 10 heteroatoms. The van der Waals surface area contributed by atoms with Gasteiger partial charge in [-0.2, -0.15) is 13.2 Å². The van der Waals surface area contributed by atoms with Crippen LogP contribution < -0.4 is 15.5 Å². The lowest BCUT2D eigenvalue weighted by molar-refractivity contribution is -0.137. The lowest BCUT2D eigenvalue weighted by Gasteiger charge is -2.28. The van der Waals surface area contributed by atoms with Crippen molar-refractivity contribution in [3.05, 3.63) is 89.6 Å². The van der Waals surface area contributed by atoms with Crippen LogP contribution in [0, 0.1) is 0 Å². The highest BCUT2D eigenvalue weighted by atomic mass is 19.4. The number of pyridine rings is 1. The third-order valence-electron chi connectivity index (χ3n) is 5.42. The van der Waals surface area contributed by atoms with Gasteiger partial charge in [0.05, 0.1) is 30.7 Å². The Morgan fingerprint density at radius 2 is 1.72 bits per heavy atom. The van der Waals surface area contributed by atoms with Crippen molar-refractivity contribution in [2.24, 2.45) is 0 Å². The van der Waals surface area contributed by atoms with E-state index in [1.165, 1.54) is 18.2 Å². The summed E-state index contributed by atoms with van der Waals surface area (Å²) in [5.74, 6) is -0.589. The molecule has 0 unspecified atom stereocenters. The summed E-state index contributed by atoms with van der Waals surface area (Å²) in [5.41, 5.74) is 1.07. The fourth-order valence-corrected chi connectivity index (χ4v) is 3.53. The van der Waals surface area contributed by atoms with E-state index in [0.717, 1.165) is 30.9 Å². The largest absolute Gasteiger partial charge is 0.416 e. The van der Waals surface area contributed by atoms with E-state index in [0.29, 0.717) is 30.3 Å². The monoisotopic (exact) mass is 496 g/mol. The first-order chi connectivity index (χ1) is 17.3. The molecule has 2 aromatic carbocycles. The molecule has 1 fully saturated rings. The van der Waals surface area contributed by atoms with Crippen LogP contribution in [0.4, 0.5) is 30.4 Å². The summed E-state index contributed by atoms with van der Waals surface area (Å²) in [6.07, 6.45) is 0.125. The van der Waals surface area contributed by atoms with Crippen molar-refractivity contribution in [2.45, 2.75) is 6.18 Å². The molecule has 0 atom stereocenters. The van der Waals surface area contributed by atoms with E-state index in [1.54, 1.807) is 42.6 Å². The van der Waals surface area contributed by atoms with Gasteiger partial charge in [-0.1, -0.05) is 18.2 Å². The Morgan fingerprint density at radius 3 is 2.39 bits per heavy atom. The molecule has 2 amide bonds. The number of anilines is 3. The molecular weight excluding hydrogens is 473 g/mol. The van der Waals surface area contributed by atoms with Gasteiger partial charge < -0.3 is 20.3 Å². The first-order valence-electron chi connectivity index (χ1n) is 11.1. The third-order valence-corrected chi connectivity index (χ3v) is 5.42. The van der Waals surface area contributed by atoms with Crippen LogP contribution in [-0.4, -0.2) is 43.1 Å². The van der Waals surface area contributed by atoms with Crippen molar-refractivity contribution in [1.29, 1.82) is 0 Å². The number of carbonyl (C=O) groups is 2. The molecule has 1 aliphatic rings. The molecule has 0 saturated carbocycles. The van der Waals surface area contributed by atoms with Crippen LogP contribution in [0.5, 0.6) is 0 Å². The Hall–Kier alpha value is -4.18. The predicted octanol–water partition coefficient (Wildman–Crippen LogP) is 4.84. The van der Waals surface area contributed by atoms with E-state index < -0.39 is 17.6 Å². The number of hydrogen-bond donors (Lipinski definition) is 2.